The molecule has 3 heterocycles. The SMILES string of the molecule is CCc1nc(-c2cc(C(=O)N(C)Cc3cnc(CC)n3C)c3cc(COC)ccc3n2)ccc1NCCNC. The van der Waals surface area contributed by atoms with Crippen LogP contribution < -0.4 is 10.6 Å². The average molecular weight is 530 g/mol. The van der Waals surface area contributed by atoms with Gasteiger partial charge in [0.25, 0.3) is 5.91 Å². The summed E-state index contributed by atoms with van der Waals surface area (Å²) in [5, 5.41) is 7.39. The van der Waals surface area contributed by atoms with Gasteiger partial charge in [-0.2, -0.15) is 0 Å². The van der Waals surface area contributed by atoms with Crippen LogP contribution in [0.1, 0.15) is 47.0 Å². The lowest BCUT2D eigenvalue weighted by Gasteiger charge is -2.20. The van der Waals surface area contributed by atoms with E-state index in [9.17, 15) is 4.79 Å². The Kier molecular flexibility index (Phi) is 9.27. The van der Waals surface area contributed by atoms with Crippen molar-refractivity contribution in [3.05, 3.63) is 70.9 Å². The molecule has 9 nitrogen and oxygen atoms in total. The zero-order chi connectivity index (χ0) is 27.9. The van der Waals surface area contributed by atoms with Gasteiger partial charge in [0.2, 0.25) is 0 Å². The van der Waals surface area contributed by atoms with E-state index in [0.717, 1.165) is 71.0 Å². The van der Waals surface area contributed by atoms with Crippen LogP contribution in [0.5, 0.6) is 0 Å². The van der Waals surface area contributed by atoms with Crippen molar-refractivity contribution in [1.82, 2.24) is 29.7 Å². The Bertz CT molecular complexity index is 1450. The summed E-state index contributed by atoms with van der Waals surface area (Å²) >= 11 is 0. The van der Waals surface area contributed by atoms with Crippen molar-refractivity contribution >= 4 is 22.5 Å². The summed E-state index contributed by atoms with van der Waals surface area (Å²) in [7, 11) is 7.41. The number of carbonyl (C=O) groups excluding carboxylic acids is 1. The zero-order valence-corrected chi connectivity index (χ0v) is 23.8. The molecule has 206 valence electrons. The first kappa shape index (κ1) is 28.2. The molecule has 1 aromatic carbocycles. The maximum atomic E-state index is 13.9. The van der Waals surface area contributed by atoms with Crippen LogP contribution in [0, 0.1) is 0 Å². The number of benzene rings is 1. The normalized spacial score (nSPS) is 11.2. The number of rotatable bonds is 12. The minimum atomic E-state index is -0.0847. The molecule has 0 aliphatic carbocycles. The molecule has 0 saturated carbocycles. The molecule has 0 spiro atoms. The number of anilines is 1. The number of nitrogens with one attached hydrogen (secondary N) is 2. The van der Waals surface area contributed by atoms with Gasteiger partial charge in [0.15, 0.2) is 0 Å². The van der Waals surface area contributed by atoms with Gasteiger partial charge in [0, 0.05) is 46.1 Å². The second kappa shape index (κ2) is 12.8. The highest BCUT2D eigenvalue weighted by Gasteiger charge is 2.20. The second-order valence-electron chi connectivity index (χ2n) is 9.65. The van der Waals surface area contributed by atoms with Crippen molar-refractivity contribution in [1.29, 1.82) is 0 Å². The van der Waals surface area contributed by atoms with E-state index in [-0.39, 0.29) is 5.91 Å². The Balaban J connectivity index is 1.75. The summed E-state index contributed by atoms with van der Waals surface area (Å²) < 4.78 is 7.40. The number of ether oxygens (including phenoxy) is 1. The number of hydrogen-bond donors (Lipinski definition) is 2. The van der Waals surface area contributed by atoms with E-state index in [4.69, 9.17) is 14.7 Å². The van der Waals surface area contributed by atoms with Crippen LogP contribution in [-0.2, 0) is 37.8 Å². The Labute approximate surface area is 230 Å². The van der Waals surface area contributed by atoms with Crippen LogP contribution >= 0.6 is 0 Å². The first-order chi connectivity index (χ1) is 18.9. The predicted molar refractivity (Wildman–Crippen MR) is 156 cm³/mol. The van der Waals surface area contributed by atoms with E-state index >= 15 is 0 Å². The molecule has 2 N–H and O–H groups in total. The molecule has 0 atom stereocenters. The summed E-state index contributed by atoms with van der Waals surface area (Å²) in [6, 6.07) is 11.8. The second-order valence-corrected chi connectivity index (χ2v) is 9.65. The van der Waals surface area contributed by atoms with Crippen molar-refractivity contribution in [2.24, 2.45) is 7.05 Å². The first-order valence-electron chi connectivity index (χ1n) is 13.5. The van der Waals surface area contributed by atoms with Crippen LogP contribution in [0.25, 0.3) is 22.3 Å². The highest BCUT2D eigenvalue weighted by atomic mass is 16.5. The van der Waals surface area contributed by atoms with Gasteiger partial charge in [0.05, 0.1) is 58.9 Å². The topological polar surface area (TPSA) is 97.2 Å². The number of hydrogen-bond acceptors (Lipinski definition) is 7. The molecule has 0 bridgehead atoms. The first-order valence-corrected chi connectivity index (χ1v) is 13.5. The minimum Gasteiger partial charge on any atom is -0.382 e. The molecule has 0 aliphatic rings. The van der Waals surface area contributed by atoms with Crippen LogP contribution in [0.2, 0.25) is 0 Å². The maximum Gasteiger partial charge on any atom is 0.254 e. The van der Waals surface area contributed by atoms with Gasteiger partial charge in [-0.15, -0.1) is 0 Å². The number of likely N-dealkylation sites (N-methyl/N-ethyl adjacent to an activating group) is 1. The lowest BCUT2D eigenvalue weighted by molar-refractivity contribution is 0.0784. The molecule has 4 rings (SSSR count). The molecule has 0 fully saturated rings. The molecular formula is C30H39N7O2. The van der Waals surface area contributed by atoms with Gasteiger partial charge in [-0.1, -0.05) is 19.9 Å². The molecule has 1 amide bonds. The van der Waals surface area contributed by atoms with Crippen LogP contribution in [-0.4, -0.2) is 64.6 Å². The number of pyridine rings is 2. The summed E-state index contributed by atoms with van der Waals surface area (Å²) in [5.74, 6) is 0.909. The van der Waals surface area contributed by atoms with E-state index in [1.54, 1.807) is 12.0 Å². The Hall–Kier alpha value is -3.82. The number of carbonyl (C=O) groups is 1. The fourth-order valence-electron chi connectivity index (χ4n) is 4.72. The number of imidazole rings is 1. The fraction of sp³-hybridized carbons (Fsp3) is 0.400. The monoisotopic (exact) mass is 529 g/mol. The van der Waals surface area contributed by atoms with Crippen molar-refractivity contribution in [2.45, 2.75) is 39.8 Å². The highest BCUT2D eigenvalue weighted by Crippen LogP contribution is 2.28. The van der Waals surface area contributed by atoms with Gasteiger partial charge >= 0.3 is 0 Å². The third-order valence-electron chi connectivity index (χ3n) is 6.92. The molecule has 9 heteroatoms. The molecule has 3 aromatic heterocycles. The van der Waals surface area contributed by atoms with E-state index < -0.39 is 0 Å². The fourth-order valence-corrected chi connectivity index (χ4v) is 4.72. The Morgan fingerprint density at radius 1 is 1.05 bits per heavy atom. The standard InChI is InChI=1S/C30H39N7O2/c1-7-24-26(32-14-13-31-3)11-12-27(34-24)28-16-23(22-15-20(19-39-6)9-10-25(22)35-28)30(38)36(4)18-21-17-33-29(8-2)37(21)5/h9-12,15-17,31-32H,7-8,13-14,18-19H2,1-6H3. The van der Waals surface area contributed by atoms with Gasteiger partial charge < -0.3 is 24.8 Å². The zero-order valence-electron chi connectivity index (χ0n) is 23.8. The van der Waals surface area contributed by atoms with E-state index in [1.165, 1.54) is 0 Å². The van der Waals surface area contributed by atoms with Crippen molar-refractivity contribution < 1.29 is 9.53 Å². The highest BCUT2D eigenvalue weighted by molar-refractivity contribution is 6.07. The van der Waals surface area contributed by atoms with Gasteiger partial charge in [-0.25, -0.2) is 15.0 Å². The predicted octanol–water partition coefficient (Wildman–Crippen LogP) is 4.21. The molecular weight excluding hydrogens is 490 g/mol. The van der Waals surface area contributed by atoms with Crippen molar-refractivity contribution in [2.75, 3.05) is 39.6 Å². The van der Waals surface area contributed by atoms with Gasteiger partial charge in [-0.3, -0.25) is 4.79 Å². The Morgan fingerprint density at radius 3 is 2.56 bits per heavy atom. The van der Waals surface area contributed by atoms with Crippen molar-refractivity contribution in [3.63, 3.8) is 0 Å². The lowest BCUT2D eigenvalue weighted by atomic mass is 10.0. The van der Waals surface area contributed by atoms with Crippen molar-refractivity contribution in [3.8, 4) is 11.4 Å². The smallest absolute Gasteiger partial charge is 0.254 e. The number of aromatic nitrogens is 4. The van der Waals surface area contributed by atoms with Crippen LogP contribution in [0.4, 0.5) is 5.69 Å². The maximum absolute atomic E-state index is 13.9. The summed E-state index contributed by atoms with van der Waals surface area (Å²) in [4.78, 5) is 30.0. The third kappa shape index (κ3) is 6.26. The summed E-state index contributed by atoms with van der Waals surface area (Å²) in [5.41, 5.74) is 6.69. The molecule has 0 saturated heterocycles. The number of nitrogens with zero attached hydrogens (tertiary/aromatic N) is 5. The molecule has 0 unspecified atom stereocenters. The van der Waals surface area contributed by atoms with Gasteiger partial charge in [-0.05, 0) is 49.4 Å². The van der Waals surface area contributed by atoms with E-state index in [2.05, 4.69) is 34.0 Å². The van der Waals surface area contributed by atoms with E-state index in [1.807, 2.05) is 63.7 Å². The largest absolute Gasteiger partial charge is 0.382 e. The van der Waals surface area contributed by atoms with E-state index in [0.29, 0.717) is 24.4 Å². The third-order valence-corrected chi connectivity index (χ3v) is 6.92. The lowest BCUT2D eigenvalue weighted by Crippen LogP contribution is -2.27. The van der Waals surface area contributed by atoms with Crippen LogP contribution in [0.15, 0.2) is 42.6 Å². The number of aryl methyl sites for hydroxylation is 2. The molecule has 0 aliphatic heterocycles. The number of methoxy groups -OCH3 is 1. The number of amides is 1. The minimum absolute atomic E-state index is 0.0847. The summed E-state index contributed by atoms with van der Waals surface area (Å²) in [6.07, 6.45) is 3.46. The van der Waals surface area contributed by atoms with Crippen LogP contribution in [0.3, 0.4) is 0 Å². The summed E-state index contributed by atoms with van der Waals surface area (Å²) in [6.45, 7) is 6.74. The quantitative estimate of drug-likeness (QED) is 0.266. The molecule has 4 aromatic rings. The van der Waals surface area contributed by atoms with Gasteiger partial charge in [0.1, 0.15) is 5.82 Å². The average Bonchev–Trinajstić information content (AvgIpc) is 3.31. The molecule has 0 radical (unpaired) electrons. The molecule has 39 heavy (non-hydrogen) atoms. The Morgan fingerprint density at radius 2 is 1.87 bits per heavy atom. The number of fused-ring (bicyclic) bond motifs is 1.